The van der Waals surface area contributed by atoms with E-state index in [2.05, 4.69) is 33.5 Å². The van der Waals surface area contributed by atoms with Crippen LogP contribution in [0.5, 0.6) is 0 Å². The van der Waals surface area contributed by atoms with Gasteiger partial charge in [-0.2, -0.15) is 9.61 Å². The Balaban J connectivity index is 1.51. The number of aromatic nitrogens is 5. The van der Waals surface area contributed by atoms with E-state index in [0.29, 0.717) is 18.7 Å². The van der Waals surface area contributed by atoms with Crippen LogP contribution in [0, 0.1) is 17.8 Å². The second kappa shape index (κ2) is 9.37. The number of aromatic amines is 1. The van der Waals surface area contributed by atoms with Gasteiger partial charge in [-0.3, -0.25) is 4.98 Å². The third-order valence-electron chi connectivity index (χ3n) is 6.62. The normalized spacial score (nSPS) is 17.9. The largest absolute Gasteiger partial charge is 0.346 e. The Bertz CT molecular complexity index is 1650. The molecule has 0 radical (unpaired) electrons. The first-order valence-electron chi connectivity index (χ1n) is 11.8. The standard InChI is InChI=1S/C27H28N6O2S/c1-5-18(2)7-6-8-19(3)24-10-9-20(15-29-24)23-16-30-33-26-22(11-13-28-26)25(31-27(23)33)21-12-14-32(17-21)36(4,34)35/h5,8-11,13,15-16,18,21,28H,1,12,14,17H2,2-4H3/b19-8+. The highest BCUT2D eigenvalue weighted by molar-refractivity contribution is 7.88. The van der Waals surface area contributed by atoms with Gasteiger partial charge in [0.2, 0.25) is 10.0 Å². The monoisotopic (exact) mass is 500 g/mol. The predicted octanol–water partition coefficient (Wildman–Crippen LogP) is 4.25. The van der Waals surface area contributed by atoms with Crippen molar-refractivity contribution in [3.63, 3.8) is 0 Å². The maximum absolute atomic E-state index is 12.1. The summed E-state index contributed by atoms with van der Waals surface area (Å²) >= 11 is 0. The molecule has 184 valence electrons. The van der Waals surface area contributed by atoms with Crippen molar-refractivity contribution in [1.29, 1.82) is 0 Å². The van der Waals surface area contributed by atoms with Gasteiger partial charge in [-0.15, -0.1) is 6.58 Å². The molecule has 1 aliphatic rings. The van der Waals surface area contributed by atoms with Crippen molar-refractivity contribution in [2.45, 2.75) is 26.2 Å². The molecule has 2 unspecified atom stereocenters. The van der Waals surface area contributed by atoms with Crippen LogP contribution in [0.4, 0.5) is 0 Å². The number of nitrogens with one attached hydrogen (secondary N) is 1. The van der Waals surface area contributed by atoms with Crippen molar-refractivity contribution in [3.05, 3.63) is 66.9 Å². The highest BCUT2D eigenvalue weighted by Gasteiger charge is 2.32. The van der Waals surface area contributed by atoms with Gasteiger partial charge in [0.1, 0.15) is 5.65 Å². The van der Waals surface area contributed by atoms with Crippen LogP contribution in [0.25, 0.3) is 33.4 Å². The molecule has 1 aliphatic heterocycles. The molecule has 9 heteroatoms. The van der Waals surface area contributed by atoms with Crippen molar-refractivity contribution in [2.24, 2.45) is 5.92 Å². The summed E-state index contributed by atoms with van der Waals surface area (Å²) in [4.78, 5) is 12.9. The molecule has 1 N–H and O–H groups in total. The Morgan fingerprint density at radius 1 is 1.31 bits per heavy atom. The van der Waals surface area contributed by atoms with E-state index in [0.717, 1.165) is 45.5 Å². The summed E-state index contributed by atoms with van der Waals surface area (Å²) in [6.07, 6.45) is 11.2. The van der Waals surface area contributed by atoms with Crippen molar-refractivity contribution in [1.82, 2.24) is 28.9 Å². The fourth-order valence-corrected chi connectivity index (χ4v) is 5.39. The average molecular weight is 501 g/mol. The van der Waals surface area contributed by atoms with Gasteiger partial charge in [0.15, 0.2) is 5.65 Å². The molecule has 2 atom stereocenters. The second-order valence-corrected chi connectivity index (χ2v) is 11.2. The Hall–Kier alpha value is -3.74. The zero-order valence-electron chi connectivity index (χ0n) is 20.6. The van der Waals surface area contributed by atoms with Gasteiger partial charge in [-0.25, -0.2) is 17.7 Å². The number of hydrogen-bond donors (Lipinski definition) is 1. The molecular formula is C27H28N6O2S. The van der Waals surface area contributed by atoms with Crippen LogP contribution >= 0.6 is 0 Å². The van der Waals surface area contributed by atoms with Crippen LogP contribution in [-0.2, 0) is 10.0 Å². The quantitative estimate of drug-likeness (QED) is 0.326. The third kappa shape index (κ3) is 4.45. The number of fused-ring (bicyclic) bond motifs is 3. The SMILES string of the molecule is C=CC(C)C#C/C=C(\C)c1ccc(-c2cnn3c2nc(C2CCN(S(C)(=O)=O)C2)c2cc[nH]c23)cn1. The molecule has 1 fully saturated rings. The van der Waals surface area contributed by atoms with Gasteiger partial charge in [0.05, 0.1) is 23.8 Å². The maximum atomic E-state index is 12.1. The van der Waals surface area contributed by atoms with E-state index >= 15 is 0 Å². The number of H-pyrrole nitrogens is 1. The number of nitrogens with zero attached hydrogens (tertiary/aromatic N) is 5. The smallest absolute Gasteiger partial charge is 0.211 e. The van der Waals surface area contributed by atoms with E-state index < -0.39 is 10.0 Å². The molecule has 5 rings (SSSR count). The number of pyridine rings is 1. The fraction of sp³-hybridized carbons (Fsp3) is 0.296. The molecule has 0 aromatic carbocycles. The molecular weight excluding hydrogens is 472 g/mol. The lowest BCUT2D eigenvalue weighted by Crippen LogP contribution is -2.27. The van der Waals surface area contributed by atoms with Crippen LogP contribution < -0.4 is 0 Å². The van der Waals surface area contributed by atoms with Crippen LogP contribution in [0.15, 0.2) is 55.5 Å². The number of hydrogen-bond acceptors (Lipinski definition) is 5. The van der Waals surface area contributed by atoms with Gasteiger partial charge in [0.25, 0.3) is 0 Å². The van der Waals surface area contributed by atoms with Gasteiger partial charge < -0.3 is 4.98 Å². The maximum Gasteiger partial charge on any atom is 0.211 e. The van der Waals surface area contributed by atoms with E-state index in [-0.39, 0.29) is 11.8 Å². The van der Waals surface area contributed by atoms with Crippen LogP contribution in [0.2, 0.25) is 0 Å². The van der Waals surface area contributed by atoms with Crippen LogP contribution in [-0.4, -0.2) is 56.6 Å². The molecule has 0 saturated carbocycles. The number of rotatable bonds is 5. The van der Waals surface area contributed by atoms with Crippen LogP contribution in [0.1, 0.15) is 37.6 Å². The van der Waals surface area contributed by atoms with Crippen molar-refractivity contribution in [2.75, 3.05) is 19.3 Å². The van der Waals surface area contributed by atoms with Crippen molar-refractivity contribution < 1.29 is 8.42 Å². The molecule has 8 nitrogen and oxygen atoms in total. The van der Waals surface area contributed by atoms with Gasteiger partial charge in [0, 0.05) is 53.8 Å². The Morgan fingerprint density at radius 3 is 2.83 bits per heavy atom. The molecule has 0 bridgehead atoms. The molecule has 36 heavy (non-hydrogen) atoms. The van der Waals surface area contributed by atoms with Gasteiger partial charge in [-0.05, 0) is 44.1 Å². The highest BCUT2D eigenvalue weighted by atomic mass is 32.2. The summed E-state index contributed by atoms with van der Waals surface area (Å²) in [5.74, 6) is 6.34. The van der Waals surface area contributed by atoms with E-state index in [1.807, 2.05) is 56.6 Å². The van der Waals surface area contributed by atoms with Gasteiger partial charge >= 0.3 is 0 Å². The minimum absolute atomic E-state index is 0.0176. The minimum atomic E-state index is -3.23. The van der Waals surface area contributed by atoms with Gasteiger partial charge in [-0.1, -0.05) is 24.0 Å². The topological polar surface area (TPSA) is 96.2 Å². The molecule has 0 amide bonds. The Labute approximate surface area is 210 Å². The summed E-state index contributed by atoms with van der Waals surface area (Å²) in [7, 11) is -3.23. The minimum Gasteiger partial charge on any atom is -0.346 e. The summed E-state index contributed by atoms with van der Waals surface area (Å²) < 4.78 is 27.5. The molecule has 5 heterocycles. The molecule has 0 spiro atoms. The van der Waals surface area contributed by atoms with E-state index in [9.17, 15) is 8.42 Å². The zero-order valence-corrected chi connectivity index (χ0v) is 21.4. The Kier molecular flexibility index (Phi) is 6.24. The molecule has 4 aromatic heterocycles. The first-order chi connectivity index (χ1) is 17.3. The summed E-state index contributed by atoms with van der Waals surface area (Å²) in [5.41, 5.74) is 6.05. The fourth-order valence-electron chi connectivity index (χ4n) is 4.50. The van der Waals surface area contributed by atoms with E-state index in [4.69, 9.17) is 4.98 Å². The zero-order chi connectivity index (χ0) is 25.4. The summed E-state index contributed by atoms with van der Waals surface area (Å²) in [6.45, 7) is 8.68. The van der Waals surface area contributed by atoms with Crippen LogP contribution in [0.3, 0.4) is 0 Å². The summed E-state index contributed by atoms with van der Waals surface area (Å²) in [5, 5.41) is 5.55. The number of sulfonamides is 1. The third-order valence-corrected chi connectivity index (χ3v) is 7.89. The number of allylic oxidation sites excluding steroid dienone is 3. The lowest BCUT2D eigenvalue weighted by Gasteiger charge is -2.14. The Morgan fingerprint density at radius 2 is 2.14 bits per heavy atom. The first-order valence-corrected chi connectivity index (χ1v) is 13.7. The molecule has 4 aromatic rings. The van der Waals surface area contributed by atoms with E-state index in [1.165, 1.54) is 10.6 Å². The lowest BCUT2D eigenvalue weighted by atomic mass is 10.0. The second-order valence-electron chi connectivity index (χ2n) is 9.21. The summed E-state index contributed by atoms with van der Waals surface area (Å²) in [6, 6.07) is 5.96. The van der Waals surface area contributed by atoms with E-state index in [1.54, 1.807) is 10.7 Å². The predicted molar refractivity (Wildman–Crippen MR) is 143 cm³/mol. The first kappa shape index (κ1) is 24.0. The van der Waals surface area contributed by atoms with Crippen molar-refractivity contribution in [3.8, 4) is 23.0 Å². The molecule has 0 aliphatic carbocycles. The highest BCUT2D eigenvalue weighted by Crippen LogP contribution is 2.34. The lowest BCUT2D eigenvalue weighted by molar-refractivity contribution is 0.478. The van der Waals surface area contributed by atoms with Crippen molar-refractivity contribution >= 4 is 32.3 Å². The average Bonchev–Trinajstić information content (AvgIpc) is 3.62. The molecule has 1 saturated heterocycles.